The Morgan fingerprint density at radius 3 is 2.77 bits per heavy atom. The third kappa shape index (κ3) is 3.19. The second kappa shape index (κ2) is 5.03. The number of hydrogen-bond donors (Lipinski definition) is 1. The van der Waals surface area contributed by atoms with E-state index in [9.17, 15) is 0 Å². The van der Waals surface area contributed by atoms with Crippen LogP contribution in [0.1, 0.15) is 26.2 Å². The van der Waals surface area contributed by atoms with E-state index in [0.29, 0.717) is 12.1 Å². The summed E-state index contributed by atoms with van der Waals surface area (Å²) in [4.78, 5) is 0. The third-order valence-corrected chi connectivity index (χ3v) is 2.38. The van der Waals surface area contributed by atoms with Crippen molar-refractivity contribution < 1.29 is 0 Å². The zero-order valence-corrected chi connectivity index (χ0v) is 8.42. The molecule has 0 aromatic carbocycles. The predicted octanol–water partition coefficient (Wildman–Crippen LogP) is 2.82. The molecular weight excluding hydrogens is 158 g/mol. The van der Waals surface area contributed by atoms with Crippen LogP contribution >= 0.6 is 0 Å². The normalized spacial score (nSPS) is 27.9. The van der Waals surface area contributed by atoms with Gasteiger partial charge in [0.1, 0.15) is 0 Å². The van der Waals surface area contributed by atoms with Crippen LogP contribution in [0.3, 0.4) is 0 Å². The molecule has 0 aromatic heterocycles. The summed E-state index contributed by atoms with van der Waals surface area (Å²) in [7, 11) is 0. The molecule has 0 saturated heterocycles. The van der Waals surface area contributed by atoms with Crippen LogP contribution in [0.15, 0.2) is 37.0 Å². The van der Waals surface area contributed by atoms with Crippen LogP contribution in [-0.2, 0) is 0 Å². The molecule has 0 amide bonds. The molecule has 0 aliphatic carbocycles. The minimum Gasteiger partial charge on any atom is -0.307 e. The topological polar surface area (TPSA) is 12.0 Å². The van der Waals surface area contributed by atoms with Gasteiger partial charge in [0.2, 0.25) is 0 Å². The lowest BCUT2D eigenvalue weighted by atomic mass is 9.95. The van der Waals surface area contributed by atoms with Gasteiger partial charge in [0, 0.05) is 12.1 Å². The van der Waals surface area contributed by atoms with Gasteiger partial charge in [0.15, 0.2) is 0 Å². The summed E-state index contributed by atoms with van der Waals surface area (Å²) in [5.74, 6) is 0. The lowest BCUT2D eigenvalue weighted by Gasteiger charge is -2.28. The molecule has 1 aliphatic heterocycles. The third-order valence-electron chi connectivity index (χ3n) is 2.38. The number of rotatable bonds is 4. The highest BCUT2D eigenvalue weighted by atomic mass is 15.0. The van der Waals surface area contributed by atoms with Crippen LogP contribution in [0.5, 0.6) is 0 Å². The van der Waals surface area contributed by atoms with Crippen molar-refractivity contribution >= 4 is 0 Å². The first kappa shape index (κ1) is 10.3. The Labute approximate surface area is 81.2 Å². The minimum absolute atomic E-state index is 0.483. The summed E-state index contributed by atoms with van der Waals surface area (Å²) in [5, 5.41) is 3.57. The van der Waals surface area contributed by atoms with Gasteiger partial charge in [-0.25, -0.2) is 0 Å². The molecule has 0 radical (unpaired) electrons. The Kier molecular flexibility index (Phi) is 3.97. The molecule has 1 rings (SSSR count). The van der Waals surface area contributed by atoms with Gasteiger partial charge in [-0.05, 0) is 26.2 Å². The summed E-state index contributed by atoms with van der Waals surface area (Å²) in [6, 6.07) is 1.06. The van der Waals surface area contributed by atoms with Gasteiger partial charge >= 0.3 is 0 Å². The van der Waals surface area contributed by atoms with E-state index in [1.54, 1.807) is 0 Å². The molecule has 0 saturated carbocycles. The second-order valence-electron chi connectivity index (χ2n) is 3.74. The van der Waals surface area contributed by atoms with Crippen LogP contribution in [0.4, 0.5) is 0 Å². The van der Waals surface area contributed by atoms with Gasteiger partial charge in [0.25, 0.3) is 0 Å². The molecular formula is C12H19N. The molecule has 1 heteroatoms. The van der Waals surface area contributed by atoms with Crippen LogP contribution < -0.4 is 5.32 Å². The van der Waals surface area contributed by atoms with Crippen molar-refractivity contribution in [3.8, 4) is 0 Å². The number of hydrogen-bond acceptors (Lipinski definition) is 1. The van der Waals surface area contributed by atoms with E-state index in [1.807, 2.05) is 12.2 Å². The highest BCUT2D eigenvalue weighted by Crippen LogP contribution is 2.17. The van der Waals surface area contributed by atoms with Crippen LogP contribution in [-0.4, -0.2) is 12.1 Å². The van der Waals surface area contributed by atoms with E-state index in [0.717, 1.165) is 19.3 Å². The molecule has 0 unspecified atom stereocenters. The Hall–Kier alpha value is -0.820. The van der Waals surface area contributed by atoms with Crippen LogP contribution in [0.2, 0.25) is 0 Å². The van der Waals surface area contributed by atoms with Crippen molar-refractivity contribution in [1.29, 1.82) is 0 Å². The molecule has 1 N–H and O–H groups in total. The zero-order valence-electron chi connectivity index (χ0n) is 8.42. The van der Waals surface area contributed by atoms with Crippen molar-refractivity contribution in [2.75, 3.05) is 0 Å². The molecule has 0 aromatic rings. The highest BCUT2D eigenvalue weighted by molar-refractivity contribution is 5.12. The largest absolute Gasteiger partial charge is 0.307 e. The maximum Gasteiger partial charge on any atom is 0.0289 e. The summed E-state index contributed by atoms with van der Waals surface area (Å²) >= 11 is 0. The molecule has 1 nitrogen and oxygen atoms in total. The smallest absolute Gasteiger partial charge is 0.0289 e. The Morgan fingerprint density at radius 1 is 1.46 bits per heavy atom. The molecule has 0 bridgehead atoms. The van der Waals surface area contributed by atoms with Crippen molar-refractivity contribution in [2.24, 2.45) is 0 Å². The van der Waals surface area contributed by atoms with Gasteiger partial charge < -0.3 is 5.32 Å². The molecule has 13 heavy (non-hydrogen) atoms. The Morgan fingerprint density at radius 2 is 2.15 bits per heavy atom. The molecule has 0 fully saturated rings. The molecule has 72 valence electrons. The molecule has 0 spiro atoms. The quantitative estimate of drug-likeness (QED) is 0.651. The van der Waals surface area contributed by atoms with Gasteiger partial charge in [-0.1, -0.05) is 23.8 Å². The van der Waals surface area contributed by atoms with Crippen molar-refractivity contribution in [3.63, 3.8) is 0 Å². The fourth-order valence-corrected chi connectivity index (χ4v) is 1.88. The van der Waals surface area contributed by atoms with Crippen molar-refractivity contribution in [2.45, 2.75) is 38.3 Å². The average molecular weight is 177 g/mol. The summed E-state index contributed by atoms with van der Waals surface area (Å²) in [6.07, 6.45) is 9.49. The van der Waals surface area contributed by atoms with E-state index in [2.05, 4.69) is 31.5 Å². The fourth-order valence-electron chi connectivity index (χ4n) is 1.88. The standard InChI is InChI=1S/C12H19N/c1-4-6-11-8-10(3)9-12(13-11)7-5-2/h4-5,8,11-13H,1-2,6-7,9H2,3H3/t11-,12+/m0/s1. The minimum atomic E-state index is 0.483. The van der Waals surface area contributed by atoms with E-state index in [1.165, 1.54) is 5.57 Å². The summed E-state index contributed by atoms with van der Waals surface area (Å²) in [5.41, 5.74) is 1.48. The number of nitrogens with one attached hydrogen (secondary N) is 1. The van der Waals surface area contributed by atoms with Crippen LogP contribution in [0, 0.1) is 0 Å². The van der Waals surface area contributed by atoms with E-state index in [4.69, 9.17) is 0 Å². The lowest BCUT2D eigenvalue weighted by Crippen LogP contribution is -2.40. The second-order valence-corrected chi connectivity index (χ2v) is 3.74. The van der Waals surface area contributed by atoms with E-state index < -0.39 is 0 Å². The van der Waals surface area contributed by atoms with Gasteiger partial charge in [-0.15, -0.1) is 13.2 Å². The van der Waals surface area contributed by atoms with Gasteiger partial charge in [-0.2, -0.15) is 0 Å². The van der Waals surface area contributed by atoms with E-state index in [-0.39, 0.29) is 0 Å². The van der Waals surface area contributed by atoms with Crippen molar-refractivity contribution in [1.82, 2.24) is 5.32 Å². The first-order valence-electron chi connectivity index (χ1n) is 4.91. The monoisotopic (exact) mass is 177 g/mol. The fraction of sp³-hybridized carbons (Fsp3) is 0.500. The average Bonchev–Trinajstić information content (AvgIpc) is 2.04. The first-order valence-corrected chi connectivity index (χ1v) is 4.91. The lowest BCUT2D eigenvalue weighted by molar-refractivity contribution is 0.444. The van der Waals surface area contributed by atoms with Crippen LogP contribution in [0.25, 0.3) is 0 Å². The van der Waals surface area contributed by atoms with Crippen molar-refractivity contribution in [3.05, 3.63) is 37.0 Å². The SMILES string of the molecule is C=CC[C@@H]1CC(C)=C[C@H](CC=C)N1. The first-order chi connectivity index (χ1) is 6.26. The summed E-state index contributed by atoms with van der Waals surface area (Å²) in [6.45, 7) is 9.73. The van der Waals surface area contributed by atoms with Gasteiger partial charge in [0.05, 0.1) is 0 Å². The maximum absolute atomic E-state index is 3.77. The summed E-state index contributed by atoms with van der Waals surface area (Å²) < 4.78 is 0. The highest BCUT2D eigenvalue weighted by Gasteiger charge is 2.17. The predicted molar refractivity (Wildman–Crippen MR) is 58.7 cm³/mol. The molecule has 1 aliphatic rings. The van der Waals surface area contributed by atoms with E-state index >= 15 is 0 Å². The Balaban J connectivity index is 2.53. The maximum atomic E-state index is 3.77. The Bertz CT molecular complexity index is 215. The zero-order chi connectivity index (χ0) is 9.68. The molecule has 2 atom stereocenters. The van der Waals surface area contributed by atoms with Gasteiger partial charge in [-0.3, -0.25) is 0 Å². The molecule has 1 heterocycles.